The van der Waals surface area contributed by atoms with Gasteiger partial charge in [0.25, 0.3) is 0 Å². The van der Waals surface area contributed by atoms with Crippen LogP contribution >= 0.6 is 0 Å². The number of nitrogens with one attached hydrogen (secondary N) is 2. The number of amides is 2. The molecule has 0 radical (unpaired) electrons. The average Bonchev–Trinajstić information content (AvgIpc) is 2.60. The number of carbonyl (C=O) groups excluding carboxylic acids is 2. The molecule has 4 heteroatoms. The Morgan fingerprint density at radius 3 is 1.48 bits per heavy atom. The molecule has 4 nitrogen and oxygen atoms in total. The number of hydrogen-bond acceptors (Lipinski definition) is 2. The first kappa shape index (κ1) is 23.4. The van der Waals surface area contributed by atoms with Crippen LogP contribution in [0, 0.1) is 5.41 Å². The van der Waals surface area contributed by atoms with E-state index in [1.54, 1.807) is 12.2 Å². The quantitative estimate of drug-likeness (QED) is 0.244. The van der Waals surface area contributed by atoms with Gasteiger partial charge in [0.05, 0.1) is 0 Å². The number of rotatable bonds is 16. The van der Waals surface area contributed by atoms with Crippen LogP contribution in [0.5, 0.6) is 0 Å². The Hall–Kier alpha value is -1.58. The van der Waals surface area contributed by atoms with Crippen LogP contribution in [0.2, 0.25) is 0 Å². The summed E-state index contributed by atoms with van der Waals surface area (Å²) in [6, 6.07) is 0. The van der Waals surface area contributed by atoms with E-state index in [1.165, 1.54) is 12.8 Å². The monoisotopic (exact) mass is 350 g/mol. The predicted molar refractivity (Wildman–Crippen MR) is 106 cm³/mol. The van der Waals surface area contributed by atoms with Gasteiger partial charge >= 0.3 is 0 Å². The van der Waals surface area contributed by atoms with Crippen LogP contribution in [0.1, 0.15) is 78.1 Å². The van der Waals surface area contributed by atoms with E-state index in [0.717, 1.165) is 38.5 Å². The van der Waals surface area contributed by atoms with Crippen molar-refractivity contribution in [2.75, 3.05) is 13.1 Å². The lowest BCUT2D eigenvalue weighted by atomic mass is 9.79. The molecule has 0 rings (SSSR count). The van der Waals surface area contributed by atoms with Crippen molar-refractivity contribution in [2.45, 2.75) is 78.1 Å². The average molecular weight is 351 g/mol. The predicted octanol–water partition coefficient (Wildman–Crippen LogP) is 4.52. The van der Waals surface area contributed by atoms with Gasteiger partial charge < -0.3 is 10.6 Å². The normalized spacial score (nSPS) is 11.0. The van der Waals surface area contributed by atoms with E-state index in [4.69, 9.17) is 0 Å². The second kappa shape index (κ2) is 14.7. The number of allylic oxidation sites excluding steroid dienone is 2. The second-order valence-electron chi connectivity index (χ2n) is 6.70. The van der Waals surface area contributed by atoms with Gasteiger partial charge in [0.2, 0.25) is 11.8 Å². The Kier molecular flexibility index (Phi) is 13.8. The molecule has 2 amide bonds. The Labute approximate surface area is 154 Å². The summed E-state index contributed by atoms with van der Waals surface area (Å²) in [6.07, 6.45) is 12.7. The lowest BCUT2D eigenvalue weighted by molar-refractivity contribution is -0.143. The maximum absolute atomic E-state index is 12.8. The molecular weight excluding hydrogens is 312 g/mol. The van der Waals surface area contributed by atoms with Gasteiger partial charge in [-0.2, -0.15) is 0 Å². The minimum Gasteiger partial charge on any atom is -0.355 e. The summed E-state index contributed by atoms with van der Waals surface area (Å²) in [7, 11) is 0. The van der Waals surface area contributed by atoms with Gasteiger partial charge in [-0.1, -0.05) is 64.5 Å². The van der Waals surface area contributed by atoms with E-state index in [2.05, 4.69) is 37.6 Å². The van der Waals surface area contributed by atoms with Crippen LogP contribution in [-0.2, 0) is 9.59 Å². The second-order valence-corrected chi connectivity index (χ2v) is 6.70. The fourth-order valence-corrected chi connectivity index (χ4v) is 2.90. The van der Waals surface area contributed by atoms with Crippen molar-refractivity contribution in [3.63, 3.8) is 0 Å². The summed E-state index contributed by atoms with van der Waals surface area (Å²) >= 11 is 0. The fraction of sp³-hybridized carbons (Fsp3) is 0.714. The van der Waals surface area contributed by atoms with Gasteiger partial charge in [0.1, 0.15) is 5.41 Å². The summed E-state index contributed by atoms with van der Waals surface area (Å²) in [5.74, 6) is -0.426. The molecule has 0 aromatic rings. The van der Waals surface area contributed by atoms with Crippen LogP contribution in [-0.4, -0.2) is 24.9 Å². The molecule has 0 aliphatic rings. The van der Waals surface area contributed by atoms with Crippen LogP contribution in [0.3, 0.4) is 0 Å². The first-order valence-corrected chi connectivity index (χ1v) is 9.87. The number of hydrogen-bond donors (Lipinski definition) is 2. The summed E-state index contributed by atoms with van der Waals surface area (Å²) in [4.78, 5) is 25.6. The van der Waals surface area contributed by atoms with Crippen molar-refractivity contribution >= 4 is 11.8 Å². The molecule has 0 fully saturated rings. The first-order valence-electron chi connectivity index (χ1n) is 9.87. The summed E-state index contributed by atoms with van der Waals surface area (Å²) < 4.78 is 0. The third-order valence-electron chi connectivity index (χ3n) is 4.49. The largest absolute Gasteiger partial charge is 0.355 e. The van der Waals surface area contributed by atoms with Crippen LogP contribution in [0.4, 0.5) is 0 Å². The smallest absolute Gasteiger partial charge is 0.236 e. The molecule has 0 aromatic carbocycles. The number of carbonyl (C=O) groups is 2. The standard InChI is InChI=1S/C21H38N2O2/c1-5-9-11-13-17-22-19(24)21(15-7-3,16-8-4)20(25)23-18-14-12-10-6-2/h7-8H,3-6,9-18H2,1-2H3,(H,22,24)(H,23,25). The van der Waals surface area contributed by atoms with E-state index >= 15 is 0 Å². The maximum Gasteiger partial charge on any atom is 0.236 e. The third-order valence-corrected chi connectivity index (χ3v) is 4.49. The fourth-order valence-electron chi connectivity index (χ4n) is 2.90. The highest BCUT2D eigenvalue weighted by Crippen LogP contribution is 2.29. The van der Waals surface area contributed by atoms with E-state index in [-0.39, 0.29) is 11.8 Å². The highest BCUT2D eigenvalue weighted by molar-refractivity contribution is 6.05. The Morgan fingerprint density at radius 1 is 0.760 bits per heavy atom. The Balaban J connectivity index is 4.78. The molecule has 2 N–H and O–H groups in total. The maximum atomic E-state index is 12.8. The minimum atomic E-state index is -1.13. The van der Waals surface area contributed by atoms with Gasteiger partial charge in [-0.3, -0.25) is 9.59 Å². The molecular formula is C21H38N2O2. The lowest BCUT2D eigenvalue weighted by Gasteiger charge is -2.29. The summed E-state index contributed by atoms with van der Waals surface area (Å²) in [5.41, 5.74) is -1.13. The SMILES string of the molecule is C=CCC(CC=C)(C(=O)NCCCCCC)C(=O)NCCCCCC. The van der Waals surface area contributed by atoms with Crippen LogP contribution in [0.15, 0.2) is 25.3 Å². The molecule has 0 unspecified atom stereocenters. The van der Waals surface area contributed by atoms with Crippen molar-refractivity contribution in [2.24, 2.45) is 5.41 Å². The van der Waals surface area contributed by atoms with Gasteiger partial charge in [-0.15, -0.1) is 13.2 Å². The third kappa shape index (κ3) is 8.89. The van der Waals surface area contributed by atoms with E-state index in [1.807, 2.05) is 0 Å². The van der Waals surface area contributed by atoms with Gasteiger partial charge in [-0.05, 0) is 25.7 Å². The van der Waals surface area contributed by atoms with Crippen LogP contribution in [0.25, 0.3) is 0 Å². The molecule has 25 heavy (non-hydrogen) atoms. The van der Waals surface area contributed by atoms with Crippen molar-refractivity contribution in [3.05, 3.63) is 25.3 Å². The highest BCUT2D eigenvalue weighted by atomic mass is 16.2. The molecule has 0 bridgehead atoms. The molecule has 0 aliphatic heterocycles. The van der Waals surface area contributed by atoms with E-state index < -0.39 is 5.41 Å². The Bertz CT molecular complexity index is 367. The minimum absolute atomic E-state index is 0.213. The van der Waals surface area contributed by atoms with Gasteiger partial charge in [0.15, 0.2) is 0 Å². The molecule has 0 saturated heterocycles. The zero-order chi connectivity index (χ0) is 19.0. The molecule has 0 saturated carbocycles. The molecule has 0 atom stereocenters. The molecule has 0 heterocycles. The van der Waals surface area contributed by atoms with Crippen LogP contribution < -0.4 is 10.6 Å². The molecule has 0 aliphatic carbocycles. The molecule has 144 valence electrons. The van der Waals surface area contributed by atoms with E-state index in [9.17, 15) is 9.59 Å². The van der Waals surface area contributed by atoms with Crippen molar-refractivity contribution < 1.29 is 9.59 Å². The highest BCUT2D eigenvalue weighted by Gasteiger charge is 2.43. The Morgan fingerprint density at radius 2 is 1.16 bits per heavy atom. The van der Waals surface area contributed by atoms with Crippen molar-refractivity contribution in [1.29, 1.82) is 0 Å². The zero-order valence-corrected chi connectivity index (χ0v) is 16.4. The van der Waals surface area contributed by atoms with Gasteiger partial charge in [-0.25, -0.2) is 0 Å². The number of unbranched alkanes of at least 4 members (excludes halogenated alkanes) is 6. The summed E-state index contributed by atoms with van der Waals surface area (Å²) in [5, 5.41) is 5.90. The van der Waals surface area contributed by atoms with Crippen molar-refractivity contribution in [1.82, 2.24) is 10.6 Å². The van der Waals surface area contributed by atoms with E-state index in [0.29, 0.717) is 25.9 Å². The van der Waals surface area contributed by atoms with Crippen molar-refractivity contribution in [3.8, 4) is 0 Å². The lowest BCUT2D eigenvalue weighted by Crippen LogP contribution is -2.51. The molecule has 0 aromatic heterocycles. The topological polar surface area (TPSA) is 58.2 Å². The van der Waals surface area contributed by atoms with Gasteiger partial charge in [0, 0.05) is 13.1 Å². The summed E-state index contributed by atoms with van der Waals surface area (Å²) in [6.45, 7) is 13.0. The molecule has 0 spiro atoms. The first-order chi connectivity index (χ1) is 12.1. The zero-order valence-electron chi connectivity index (χ0n) is 16.4.